The van der Waals surface area contributed by atoms with Gasteiger partial charge in [-0.1, -0.05) is 13.3 Å². The number of amides is 1. The Morgan fingerprint density at radius 2 is 2.05 bits per heavy atom. The number of carbonyl (C=O) groups excluding carboxylic acids is 2. The van der Waals surface area contributed by atoms with Gasteiger partial charge in [0.2, 0.25) is 5.91 Å². The van der Waals surface area contributed by atoms with E-state index in [-0.39, 0.29) is 23.3 Å². The maximum atomic E-state index is 13.0. The smallest absolute Gasteiger partial charge is 0.328 e. The van der Waals surface area contributed by atoms with E-state index in [4.69, 9.17) is 4.74 Å². The highest BCUT2D eigenvalue weighted by atomic mass is 16.5. The number of methoxy groups -OCH3 is 1. The second kappa shape index (κ2) is 6.57. The number of hydrogen-bond acceptors (Lipinski definition) is 4. The van der Waals surface area contributed by atoms with Crippen LogP contribution in [0.2, 0.25) is 0 Å². The molecule has 20 heavy (non-hydrogen) atoms. The maximum Gasteiger partial charge on any atom is 0.328 e. The quantitative estimate of drug-likeness (QED) is 0.790. The predicted molar refractivity (Wildman–Crippen MR) is 76.2 cm³/mol. The lowest BCUT2D eigenvalue weighted by molar-refractivity contribution is -0.156. The summed E-state index contributed by atoms with van der Waals surface area (Å²) < 4.78 is 4.85. The first-order valence-corrected chi connectivity index (χ1v) is 7.74. The van der Waals surface area contributed by atoms with Gasteiger partial charge in [0, 0.05) is 6.54 Å². The molecule has 0 aromatic carbocycles. The molecule has 5 heteroatoms. The van der Waals surface area contributed by atoms with Crippen molar-refractivity contribution in [3.63, 3.8) is 0 Å². The second-order valence-corrected chi connectivity index (χ2v) is 5.96. The van der Waals surface area contributed by atoms with Gasteiger partial charge in [-0.3, -0.25) is 4.79 Å². The molecule has 1 unspecified atom stereocenters. The Morgan fingerprint density at radius 3 is 2.65 bits per heavy atom. The molecule has 2 aliphatic rings. The third-order valence-corrected chi connectivity index (χ3v) is 4.73. The third kappa shape index (κ3) is 2.82. The lowest BCUT2D eigenvalue weighted by Gasteiger charge is -2.40. The Hall–Kier alpha value is -1.10. The van der Waals surface area contributed by atoms with E-state index in [0.29, 0.717) is 6.54 Å². The maximum absolute atomic E-state index is 13.0. The first kappa shape index (κ1) is 15.3. The zero-order chi connectivity index (χ0) is 14.6. The molecule has 0 aliphatic carbocycles. The van der Waals surface area contributed by atoms with E-state index in [2.05, 4.69) is 12.2 Å². The molecule has 0 aromatic heterocycles. The summed E-state index contributed by atoms with van der Waals surface area (Å²) in [5, 5.41) is 3.33. The largest absolute Gasteiger partial charge is 0.467 e. The van der Waals surface area contributed by atoms with E-state index in [1.807, 2.05) is 0 Å². The zero-order valence-electron chi connectivity index (χ0n) is 12.6. The van der Waals surface area contributed by atoms with Gasteiger partial charge >= 0.3 is 5.97 Å². The van der Waals surface area contributed by atoms with E-state index in [0.717, 1.165) is 51.6 Å². The fraction of sp³-hybridized carbons (Fsp3) is 0.867. The summed E-state index contributed by atoms with van der Waals surface area (Å²) >= 11 is 0. The average molecular weight is 282 g/mol. The van der Waals surface area contributed by atoms with Crippen molar-refractivity contribution in [2.24, 2.45) is 5.41 Å². The molecule has 2 heterocycles. The van der Waals surface area contributed by atoms with Crippen LogP contribution in [0, 0.1) is 5.41 Å². The highest BCUT2D eigenvalue weighted by Gasteiger charge is 2.45. The van der Waals surface area contributed by atoms with Crippen LogP contribution in [0.15, 0.2) is 0 Å². The number of hydrogen-bond donors (Lipinski definition) is 1. The molecule has 0 radical (unpaired) electrons. The van der Waals surface area contributed by atoms with Crippen molar-refractivity contribution in [1.82, 2.24) is 10.2 Å². The number of likely N-dealkylation sites (tertiary alicyclic amines) is 1. The average Bonchev–Trinajstić information content (AvgIpc) is 2.96. The monoisotopic (exact) mass is 282 g/mol. The van der Waals surface area contributed by atoms with E-state index < -0.39 is 0 Å². The Labute approximate surface area is 121 Å². The van der Waals surface area contributed by atoms with Crippen molar-refractivity contribution in [3.8, 4) is 0 Å². The molecule has 5 nitrogen and oxygen atoms in total. The van der Waals surface area contributed by atoms with Crippen molar-refractivity contribution in [2.75, 3.05) is 26.7 Å². The normalized spacial score (nSPS) is 25.5. The van der Waals surface area contributed by atoms with Crippen LogP contribution in [0.3, 0.4) is 0 Å². The van der Waals surface area contributed by atoms with Gasteiger partial charge < -0.3 is 15.0 Å². The molecule has 2 saturated heterocycles. The Kier molecular flexibility index (Phi) is 5.02. The van der Waals surface area contributed by atoms with Gasteiger partial charge in [-0.05, 0) is 45.2 Å². The Morgan fingerprint density at radius 1 is 1.35 bits per heavy atom. The highest BCUT2D eigenvalue weighted by Crippen LogP contribution is 2.38. The van der Waals surface area contributed by atoms with Crippen LogP contribution < -0.4 is 5.32 Å². The van der Waals surface area contributed by atoms with Gasteiger partial charge in [0.25, 0.3) is 0 Å². The van der Waals surface area contributed by atoms with Gasteiger partial charge in [-0.2, -0.15) is 0 Å². The molecule has 0 aromatic rings. The first-order chi connectivity index (χ1) is 9.64. The van der Waals surface area contributed by atoms with E-state index in [9.17, 15) is 9.59 Å². The molecular formula is C15H26N2O3. The molecule has 2 aliphatic heterocycles. The minimum absolute atomic E-state index is 0.175. The van der Waals surface area contributed by atoms with Crippen molar-refractivity contribution >= 4 is 11.9 Å². The molecule has 2 rings (SSSR count). The van der Waals surface area contributed by atoms with Gasteiger partial charge in [-0.25, -0.2) is 4.79 Å². The molecule has 1 N–H and O–H groups in total. The minimum atomic E-state index is -0.365. The van der Waals surface area contributed by atoms with Gasteiger partial charge in [-0.15, -0.1) is 0 Å². The third-order valence-electron chi connectivity index (χ3n) is 4.73. The van der Waals surface area contributed by atoms with Crippen molar-refractivity contribution in [1.29, 1.82) is 0 Å². The van der Waals surface area contributed by atoms with Crippen LogP contribution in [0.25, 0.3) is 0 Å². The minimum Gasteiger partial charge on any atom is -0.467 e. The van der Waals surface area contributed by atoms with Crippen LogP contribution in [-0.4, -0.2) is 49.6 Å². The van der Waals surface area contributed by atoms with Crippen LogP contribution in [0.5, 0.6) is 0 Å². The highest BCUT2D eigenvalue weighted by molar-refractivity contribution is 5.88. The van der Waals surface area contributed by atoms with Crippen LogP contribution >= 0.6 is 0 Å². The summed E-state index contributed by atoms with van der Waals surface area (Å²) in [5.41, 5.74) is -0.267. The number of nitrogens with zero attached hydrogens (tertiary/aromatic N) is 1. The lowest BCUT2D eigenvalue weighted by atomic mass is 9.74. The van der Waals surface area contributed by atoms with E-state index in [1.54, 1.807) is 4.90 Å². The Balaban J connectivity index is 2.16. The Bertz CT molecular complexity index is 359. The number of esters is 1. The number of ether oxygens (including phenoxy) is 1. The molecular weight excluding hydrogens is 256 g/mol. The molecule has 1 amide bonds. The summed E-state index contributed by atoms with van der Waals surface area (Å²) in [6.45, 7) is 4.60. The topological polar surface area (TPSA) is 58.6 Å². The molecule has 1 atom stereocenters. The molecule has 2 fully saturated rings. The summed E-state index contributed by atoms with van der Waals surface area (Å²) in [6, 6.07) is -0.365. The second-order valence-electron chi connectivity index (χ2n) is 5.96. The number of rotatable bonds is 4. The SMILES string of the molecule is CCCC1(C(=O)N2CCCC2C(=O)OC)CCNCC1. The molecule has 0 bridgehead atoms. The van der Waals surface area contributed by atoms with Gasteiger partial charge in [0.1, 0.15) is 6.04 Å². The number of carbonyl (C=O) groups is 2. The number of piperidine rings is 1. The van der Waals surface area contributed by atoms with Crippen LogP contribution in [0.1, 0.15) is 45.4 Å². The summed E-state index contributed by atoms with van der Waals surface area (Å²) in [6.07, 6.45) is 5.30. The fourth-order valence-electron chi connectivity index (χ4n) is 3.65. The summed E-state index contributed by atoms with van der Waals surface area (Å²) in [5.74, 6) is -0.0924. The fourth-order valence-corrected chi connectivity index (χ4v) is 3.65. The summed E-state index contributed by atoms with van der Waals surface area (Å²) in [4.78, 5) is 26.7. The predicted octanol–water partition coefficient (Wildman–Crippen LogP) is 1.32. The van der Waals surface area contributed by atoms with E-state index >= 15 is 0 Å². The first-order valence-electron chi connectivity index (χ1n) is 7.74. The van der Waals surface area contributed by atoms with Crippen molar-refractivity contribution in [2.45, 2.75) is 51.5 Å². The van der Waals surface area contributed by atoms with Gasteiger partial charge in [0.15, 0.2) is 0 Å². The van der Waals surface area contributed by atoms with Crippen LogP contribution in [0.4, 0.5) is 0 Å². The van der Waals surface area contributed by atoms with Crippen molar-refractivity contribution < 1.29 is 14.3 Å². The standard InChI is InChI=1S/C15H26N2O3/c1-3-6-15(7-9-16-10-8-15)14(19)17-11-4-5-12(17)13(18)20-2/h12,16H,3-11H2,1-2H3. The van der Waals surface area contributed by atoms with Crippen molar-refractivity contribution in [3.05, 3.63) is 0 Å². The number of nitrogens with one attached hydrogen (secondary N) is 1. The molecule has 114 valence electrons. The molecule has 0 saturated carbocycles. The van der Waals surface area contributed by atoms with Gasteiger partial charge in [0.05, 0.1) is 12.5 Å². The van der Waals surface area contributed by atoms with E-state index in [1.165, 1.54) is 7.11 Å². The summed E-state index contributed by atoms with van der Waals surface area (Å²) in [7, 11) is 1.40. The lowest BCUT2D eigenvalue weighted by Crippen LogP contribution is -2.52. The molecule has 0 spiro atoms. The van der Waals surface area contributed by atoms with Crippen LogP contribution in [-0.2, 0) is 14.3 Å². The zero-order valence-corrected chi connectivity index (χ0v) is 12.6.